The highest BCUT2D eigenvalue weighted by Crippen LogP contribution is 2.30. The van der Waals surface area contributed by atoms with Gasteiger partial charge in [0.05, 0.1) is 5.56 Å². The number of hydrogen-bond acceptors (Lipinski definition) is 3. The third kappa shape index (κ3) is 5.30. The van der Waals surface area contributed by atoms with Crippen molar-refractivity contribution < 1.29 is 5.11 Å². The lowest BCUT2D eigenvalue weighted by atomic mass is 9.84. The monoisotopic (exact) mass is 366 g/mol. The molecule has 1 aromatic rings. The number of hydrogen-bond donors (Lipinski definition) is 1. The molecule has 0 aliphatic carbocycles. The van der Waals surface area contributed by atoms with Gasteiger partial charge < -0.3 is 5.11 Å². The van der Waals surface area contributed by atoms with Crippen LogP contribution in [-0.2, 0) is 18.5 Å². The Hall–Kier alpha value is -1.36. The molecule has 1 heterocycles. The second kappa shape index (κ2) is 9.37. The molecule has 142 valence electrons. The van der Waals surface area contributed by atoms with Crippen molar-refractivity contribution in [3.8, 4) is 5.88 Å². The summed E-state index contributed by atoms with van der Waals surface area (Å²) in [5.74, 6) is 0.406. The molecule has 0 spiro atoms. The normalized spacial score (nSPS) is 12.4. The zero-order chi connectivity index (χ0) is 19.2. The lowest BCUT2D eigenvalue weighted by molar-refractivity contribution is 0.369. The zero-order valence-electron chi connectivity index (χ0n) is 16.6. The van der Waals surface area contributed by atoms with Gasteiger partial charge in [-0.25, -0.2) is 0 Å². The molecular weight excluding hydrogens is 332 g/mol. The Morgan fingerprint density at radius 1 is 1.12 bits per heavy atom. The SMILES string of the molecule is CCCCn1c(O)c(C(C)(C)C=CC(C)C)c(=O)n(CCCC)c1=S. The molecule has 0 aromatic carbocycles. The maximum absolute atomic E-state index is 13.1. The maximum Gasteiger partial charge on any atom is 0.262 e. The third-order valence-electron chi connectivity index (χ3n) is 4.41. The first-order valence-corrected chi connectivity index (χ1v) is 9.84. The fraction of sp³-hybridized carbons (Fsp3) is 0.700. The van der Waals surface area contributed by atoms with Crippen molar-refractivity contribution in [2.45, 2.75) is 85.7 Å². The Morgan fingerprint density at radius 2 is 1.64 bits per heavy atom. The van der Waals surface area contributed by atoms with Crippen LogP contribution in [0.5, 0.6) is 5.88 Å². The summed E-state index contributed by atoms with van der Waals surface area (Å²) in [7, 11) is 0. The van der Waals surface area contributed by atoms with E-state index < -0.39 is 5.41 Å². The van der Waals surface area contributed by atoms with Crippen LogP contribution >= 0.6 is 12.2 Å². The van der Waals surface area contributed by atoms with Gasteiger partial charge in [0, 0.05) is 18.5 Å². The second-order valence-corrected chi connectivity index (χ2v) is 7.99. The van der Waals surface area contributed by atoms with Crippen molar-refractivity contribution in [1.82, 2.24) is 9.13 Å². The molecule has 0 aliphatic rings. The molecule has 0 aliphatic heterocycles. The van der Waals surface area contributed by atoms with Crippen molar-refractivity contribution in [2.24, 2.45) is 5.92 Å². The van der Waals surface area contributed by atoms with Gasteiger partial charge in [0.2, 0.25) is 5.88 Å². The van der Waals surface area contributed by atoms with E-state index in [1.807, 2.05) is 19.9 Å². The number of allylic oxidation sites excluding steroid dienone is 2. The van der Waals surface area contributed by atoms with Gasteiger partial charge >= 0.3 is 0 Å². The van der Waals surface area contributed by atoms with E-state index in [-0.39, 0.29) is 11.4 Å². The fourth-order valence-electron chi connectivity index (χ4n) is 2.80. The number of aromatic hydroxyl groups is 1. The average Bonchev–Trinajstić information content (AvgIpc) is 2.52. The Kier molecular flexibility index (Phi) is 8.13. The first-order valence-electron chi connectivity index (χ1n) is 9.43. The number of nitrogens with zero attached hydrogens (tertiary/aromatic N) is 2. The zero-order valence-corrected chi connectivity index (χ0v) is 17.4. The van der Waals surface area contributed by atoms with Gasteiger partial charge in [-0.3, -0.25) is 13.9 Å². The number of rotatable bonds is 9. The highest BCUT2D eigenvalue weighted by Gasteiger charge is 2.28. The maximum atomic E-state index is 13.1. The largest absolute Gasteiger partial charge is 0.494 e. The minimum Gasteiger partial charge on any atom is -0.494 e. The van der Waals surface area contributed by atoms with Crippen molar-refractivity contribution in [2.75, 3.05) is 0 Å². The van der Waals surface area contributed by atoms with Crippen LogP contribution < -0.4 is 5.56 Å². The first kappa shape index (κ1) is 21.7. The molecule has 4 nitrogen and oxygen atoms in total. The van der Waals surface area contributed by atoms with Crippen LogP contribution in [0.2, 0.25) is 0 Å². The van der Waals surface area contributed by atoms with Crippen LogP contribution in [0.4, 0.5) is 0 Å². The smallest absolute Gasteiger partial charge is 0.262 e. The molecule has 0 saturated heterocycles. The standard InChI is InChI=1S/C20H34N2O2S/c1-7-9-13-21-17(23)16(20(5,6)12-11-15(3)4)18(24)22(19(21)25)14-10-8-2/h11-12,15,23H,7-10,13-14H2,1-6H3. The highest BCUT2D eigenvalue weighted by atomic mass is 32.1. The van der Waals surface area contributed by atoms with Gasteiger partial charge in [-0.1, -0.05) is 66.5 Å². The van der Waals surface area contributed by atoms with Crippen molar-refractivity contribution in [3.05, 3.63) is 32.8 Å². The van der Waals surface area contributed by atoms with Gasteiger partial charge in [0.25, 0.3) is 5.56 Å². The summed E-state index contributed by atoms with van der Waals surface area (Å²) in [4.78, 5) is 13.1. The summed E-state index contributed by atoms with van der Waals surface area (Å²) in [6, 6.07) is 0. The summed E-state index contributed by atoms with van der Waals surface area (Å²) >= 11 is 5.53. The predicted molar refractivity (Wildman–Crippen MR) is 108 cm³/mol. The summed E-state index contributed by atoms with van der Waals surface area (Å²) in [5, 5.41) is 10.9. The topological polar surface area (TPSA) is 47.2 Å². The summed E-state index contributed by atoms with van der Waals surface area (Å²) in [5.41, 5.74) is -0.288. The van der Waals surface area contributed by atoms with E-state index in [2.05, 4.69) is 33.8 Å². The van der Waals surface area contributed by atoms with E-state index in [4.69, 9.17) is 12.2 Å². The molecule has 0 radical (unpaired) electrons. The van der Waals surface area contributed by atoms with Crippen molar-refractivity contribution in [3.63, 3.8) is 0 Å². The Labute approximate surface area is 157 Å². The van der Waals surface area contributed by atoms with E-state index in [1.165, 1.54) is 0 Å². The van der Waals surface area contributed by atoms with E-state index in [0.29, 0.717) is 29.3 Å². The molecule has 1 rings (SSSR count). The molecule has 0 unspecified atom stereocenters. The molecular formula is C20H34N2O2S. The second-order valence-electron chi connectivity index (χ2n) is 7.62. The molecule has 0 saturated carbocycles. The first-order chi connectivity index (χ1) is 11.7. The molecule has 0 amide bonds. The predicted octanol–water partition coefficient (Wildman–Crippen LogP) is 5.17. The van der Waals surface area contributed by atoms with Gasteiger partial charge in [-0.15, -0.1) is 0 Å². The summed E-state index contributed by atoms with van der Waals surface area (Å²) in [6.07, 6.45) is 7.89. The van der Waals surface area contributed by atoms with Crippen LogP contribution in [0.25, 0.3) is 0 Å². The van der Waals surface area contributed by atoms with E-state index in [1.54, 1.807) is 9.13 Å². The Morgan fingerprint density at radius 3 is 2.12 bits per heavy atom. The summed E-state index contributed by atoms with van der Waals surface area (Å²) < 4.78 is 3.82. The van der Waals surface area contributed by atoms with Crippen LogP contribution in [0.3, 0.4) is 0 Å². The number of aromatic nitrogens is 2. The Bertz CT molecular complexity index is 712. The fourth-order valence-corrected chi connectivity index (χ4v) is 3.15. The van der Waals surface area contributed by atoms with Crippen LogP contribution in [0.1, 0.15) is 72.8 Å². The molecule has 5 heteroatoms. The lowest BCUT2D eigenvalue weighted by Crippen LogP contribution is -2.34. The van der Waals surface area contributed by atoms with Gasteiger partial charge in [0.1, 0.15) is 0 Å². The molecule has 1 N–H and O–H groups in total. The minimum absolute atomic E-state index is 0.0228. The van der Waals surface area contributed by atoms with Crippen LogP contribution in [0, 0.1) is 10.7 Å². The van der Waals surface area contributed by atoms with Crippen LogP contribution in [-0.4, -0.2) is 14.2 Å². The lowest BCUT2D eigenvalue weighted by Gasteiger charge is -2.25. The van der Waals surface area contributed by atoms with Crippen molar-refractivity contribution >= 4 is 12.2 Å². The van der Waals surface area contributed by atoms with Gasteiger partial charge in [-0.2, -0.15) is 0 Å². The average molecular weight is 367 g/mol. The van der Waals surface area contributed by atoms with Gasteiger partial charge in [-0.05, 0) is 31.0 Å². The van der Waals surface area contributed by atoms with E-state index >= 15 is 0 Å². The van der Waals surface area contributed by atoms with Crippen LogP contribution in [0.15, 0.2) is 16.9 Å². The van der Waals surface area contributed by atoms with Gasteiger partial charge in [0.15, 0.2) is 4.77 Å². The minimum atomic E-state index is -0.559. The van der Waals surface area contributed by atoms with E-state index in [0.717, 1.165) is 25.7 Å². The molecule has 25 heavy (non-hydrogen) atoms. The molecule has 0 bridgehead atoms. The Balaban J connectivity index is 3.64. The quantitative estimate of drug-likeness (QED) is 0.484. The van der Waals surface area contributed by atoms with Crippen molar-refractivity contribution in [1.29, 1.82) is 0 Å². The molecule has 0 atom stereocenters. The molecule has 0 fully saturated rings. The third-order valence-corrected chi connectivity index (χ3v) is 4.85. The summed E-state index contributed by atoms with van der Waals surface area (Å²) in [6.45, 7) is 13.6. The highest BCUT2D eigenvalue weighted by molar-refractivity contribution is 7.71. The van der Waals surface area contributed by atoms with E-state index in [9.17, 15) is 9.90 Å². The number of unbranched alkanes of at least 4 members (excludes halogenated alkanes) is 2. The molecule has 1 aromatic heterocycles.